The van der Waals surface area contributed by atoms with Crippen LogP contribution in [0.1, 0.15) is 33.6 Å². The number of esters is 3. The van der Waals surface area contributed by atoms with Gasteiger partial charge in [-0.1, -0.05) is 6.08 Å². The lowest BCUT2D eigenvalue weighted by molar-refractivity contribution is -0.195. The monoisotopic (exact) mass is 408 g/mol. The van der Waals surface area contributed by atoms with Gasteiger partial charge in [0.25, 0.3) is 0 Å². The molecule has 0 unspecified atom stereocenters. The molecule has 8 heteroatoms. The molecule has 1 N–H and O–H groups in total. The van der Waals surface area contributed by atoms with Crippen LogP contribution in [0.4, 0.5) is 0 Å². The van der Waals surface area contributed by atoms with E-state index >= 15 is 0 Å². The highest BCUT2D eigenvalue weighted by atomic mass is 16.6. The molecule has 2 saturated heterocycles. The number of carbonyl (C=O) groups is 3. The number of fused-ring (bicyclic) bond motifs is 1. The highest BCUT2D eigenvalue weighted by molar-refractivity contribution is 5.88. The zero-order valence-corrected chi connectivity index (χ0v) is 17.1. The number of hydrogen-bond acceptors (Lipinski definition) is 8. The predicted molar refractivity (Wildman–Crippen MR) is 98.3 cm³/mol. The van der Waals surface area contributed by atoms with Crippen molar-refractivity contribution in [3.8, 4) is 0 Å². The topological polar surface area (TPSA) is 108 Å². The maximum atomic E-state index is 12.8. The minimum absolute atomic E-state index is 0.0803. The fourth-order valence-corrected chi connectivity index (χ4v) is 5.92. The van der Waals surface area contributed by atoms with Crippen LogP contribution in [0, 0.1) is 29.6 Å². The number of hydrogen-bond donors (Lipinski definition) is 1. The van der Waals surface area contributed by atoms with Crippen LogP contribution in [0.15, 0.2) is 11.6 Å². The standard InChI is InChI=1S/C21H28O8/c1-5-9(2)18(23)28-17-13-11(8-26-4)19(24)27-16(13)14-10-6-7-21(14,3)29-20(25)12(10)15(17)22/h5,10-17,22H,6-8H2,1-4H3/b9-5-/t10-,11+,12+,13-,14-,15+,16-,17-,21-/m0/s1. The third-order valence-corrected chi connectivity index (χ3v) is 7.39. The van der Waals surface area contributed by atoms with Gasteiger partial charge >= 0.3 is 17.9 Å². The molecule has 4 aliphatic rings. The van der Waals surface area contributed by atoms with Crippen molar-refractivity contribution in [1.29, 1.82) is 0 Å². The number of aliphatic hydroxyl groups is 1. The number of rotatable bonds is 4. The molecule has 0 aromatic heterocycles. The van der Waals surface area contributed by atoms with Gasteiger partial charge in [-0.25, -0.2) is 4.79 Å². The summed E-state index contributed by atoms with van der Waals surface area (Å²) in [6, 6.07) is 0. The number of ether oxygens (including phenoxy) is 4. The van der Waals surface area contributed by atoms with E-state index in [1.165, 1.54) is 7.11 Å². The molecule has 160 valence electrons. The van der Waals surface area contributed by atoms with E-state index in [0.29, 0.717) is 18.4 Å². The molecule has 0 aromatic carbocycles. The molecule has 4 rings (SSSR count). The number of carbonyl (C=O) groups excluding carboxylic acids is 3. The molecular weight excluding hydrogens is 380 g/mol. The number of methoxy groups -OCH3 is 1. The van der Waals surface area contributed by atoms with Gasteiger partial charge in [0.15, 0.2) is 0 Å². The first-order valence-corrected chi connectivity index (χ1v) is 10.2. The Kier molecular flexibility index (Phi) is 4.98. The van der Waals surface area contributed by atoms with Crippen molar-refractivity contribution < 1.29 is 38.4 Å². The molecule has 2 saturated carbocycles. The molecule has 2 heterocycles. The highest BCUT2D eigenvalue weighted by Crippen LogP contribution is 2.59. The Balaban J connectivity index is 1.80. The van der Waals surface area contributed by atoms with Crippen LogP contribution >= 0.6 is 0 Å². The van der Waals surface area contributed by atoms with E-state index < -0.39 is 59.6 Å². The lowest BCUT2D eigenvalue weighted by Gasteiger charge is -2.42. The van der Waals surface area contributed by atoms with Crippen LogP contribution in [-0.2, 0) is 33.3 Å². The molecule has 29 heavy (non-hydrogen) atoms. The number of aliphatic hydroxyl groups excluding tert-OH is 1. The van der Waals surface area contributed by atoms with E-state index in [1.807, 2.05) is 6.92 Å². The van der Waals surface area contributed by atoms with Crippen LogP contribution in [0.25, 0.3) is 0 Å². The Hall–Kier alpha value is -1.93. The largest absolute Gasteiger partial charge is 0.461 e. The summed E-state index contributed by atoms with van der Waals surface area (Å²) in [6.45, 7) is 5.27. The van der Waals surface area contributed by atoms with E-state index in [0.717, 1.165) is 0 Å². The average Bonchev–Trinajstić information content (AvgIpc) is 3.08. The molecule has 8 nitrogen and oxygen atoms in total. The van der Waals surface area contributed by atoms with Gasteiger partial charge in [-0.3, -0.25) is 9.59 Å². The quantitative estimate of drug-likeness (QED) is 0.417. The molecular formula is C21H28O8. The Morgan fingerprint density at radius 1 is 1.34 bits per heavy atom. The summed E-state index contributed by atoms with van der Waals surface area (Å²) in [5.41, 5.74) is -0.382. The first kappa shape index (κ1) is 20.3. The summed E-state index contributed by atoms with van der Waals surface area (Å²) >= 11 is 0. The van der Waals surface area contributed by atoms with E-state index in [-0.39, 0.29) is 18.4 Å². The summed E-state index contributed by atoms with van der Waals surface area (Å²) in [5, 5.41) is 11.3. The molecule has 0 aromatic rings. The van der Waals surface area contributed by atoms with Crippen LogP contribution in [-0.4, -0.2) is 60.6 Å². The van der Waals surface area contributed by atoms with Gasteiger partial charge in [-0.05, 0) is 39.5 Å². The second-order valence-electron chi connectivity index (χ2n) is 8.86. The molecule has 0 amide bonds. The van der Waals surface area contributed by atoms with Crippen molar-refractivity contribution in [3.05, 3.63) is 11.6 Å². The average molecular weight is 408 g/mol. The van der Waals surface area contributed by atoms with Gasteiger partial charge in [-0.2, -0.15) is 0 Å². The predicted octanol–water partition coefficient (Wildman–Crippen LogP) is 1.00. The molecule has 0 radical (unpaired) electrons. The fraction of sp³-hybridized carbons (Fsp3) is 0.762. The van der Waals surface area contributed by atoms with E-state index in [1.54, 1.807) is 19.9 Å². The summed E-state index contributed by atoms with van der Waals surface area (Å²) in [6.07, 6.45) is -0.0265. The van der Waals surface area contributed by atoms with Gasteiger partial charge in [-0.15, -0.1) is 0 Å². The van der Waals surface area contributed by atoms with Crippen molar-refractivity contribution in [1.82, 2.24) is 0 Å². The molecule has 2 aliphatic heterocycles. The van der Waals surface area contributed by atoms with Crippen LogP contribution < -0.4 is 0 Å². The van der Waals surface area contributed by atoms with Gasteiger partial charge in [0, 0.05) is 18.6 Å². The molecule has 9 atom stereocenters. The summed E-state index contributed by atoms with van der Waals surface area (Å²) in [4.78, 5) is 38.0. The smallest absolute Gasteiger partial charge is 0.333 e. The first-order valence-electron chi connectivity index (χ1n) is 10.2. The van der Waals surface area contributed by atoms with Gasteiger partial charge in [0.05, 0.1) is 24.4 Å². The molecule has 0 spiro atoms. The maximum absolute atomic E-state index is 12.8. The highest BCUT2D eigenvalue weighted by Gasteiger charge is 2.70. The van der Waals surface area contributed by atoms with Crippen LogP contribution in [0.2, 0.25) is 0 Å². The number of allylic oxidation sites excluding steroid dienone is 1. The second-order valence-corrected chi connectivity index (χ2v) is 8.86. The van der Waals surface area contributed by atoms with E-state index in [2.05, 4.69) is 0 Å². The first-order chi connectivity index (χ1) is 13.7. The van der Waals surface area contributed by atoms with Crippen LogP contribution in [0.3, 0.4) is 0 Å². The summed E-state index contributed by atoms with van der Waals surface area (Å²) in [5.74, 6) is -4.06. The maximum Gasteiger partial charge on any atom is 0.333 e. The van der Waals surface area contributed by atoms with E-state index in [4.69, 9.17) is 18.9 Å². The SMILES string of the molecule is C/C=C(/C)C(=O)O[C@@H]1[C@H](O)[C@@H]2C(=O)O[C@@]3(C)CC[C@@H]2[C@H]3[C@H]2OC(=O)[C@H](COC)[C@H]12. The van der Waals surface area contributed by atoms with Gasteiger partial charge in [0.1, 0.15) is 23.9 Å². The van der Waals surface area contributed by atoms with Crippen molar-refractivity contribution >= 4 is 17.9 Å². The third-order valence-electron chi connectivity index (χ3n) is 7.39. The Morgan fingerprint density at radius 3 is 2.72 bits per heavy atom. The third kappa shape index (κ3) is 2.91. The molecule has 2 aliphatic carbocycles. The summed E-state index contributed by atoms with van der Waals surface area (Å²) in [7, 11) is 1.48. The van der Waals surface area contributed by atoms with Crippen LogP contribution in [0.5, 0.6) is 0 Å². The fourth-order valence-electron chi connectivity index (χ4n) is 5.92. The lowest BCUT2D eigenvalue weighted by atomic mass is 9.73. The van der Waals surface area contributed by atoms with Crippen molar-refractivity contribution in [3.63, 3.8) is 0 Å². The lowest BCUT2D eigenvalue weighted by Crippen LogP contribution is -2.53. The Morgan fingerprint density at radius 2 is 2.07 bits per heavy atom. The summed E-state index contributed by atoms with van der Waals surface area (Å²) < 4.78 is 22.5. The minimum atomic E-state index is -1.28. The van der Waals surface area contributed by atoms with E-state index in [9.17, 15) is 19.5 Å². The molecule has 4 bridgehead atoms. The normalized spacial score (nSPS) is 45.9. The van der Waals surface area contributed by atoms with Crippen molar-refractivity contribution in [2.75, 3.05) is 13.7 Å². The van der Waals surface area contributed by atoms with Crippen molar-refractivity contribution in [2.45, 2.75) is 57.5 Å². The zero-order chi connectivity index (χ0) is 21.1. The van der Waals surface area contributed by atoms with Gasteiger partial charge in [0.2, 0.25) is 0 Å². The molecule has 4 fully saturated rings. The Labute approximate surface area is 169 Å². The zero-order valence-electron chi connectivity index (χ0n) is 17.1. The second kappa shape index (κ2) is 7.09. The minimum Gasteiger partial charge on any atom is -0.461 e. The Bertz CT molecular complexity index is 760. The van der Waals surface area contributed by atoms with Gasteiger partial charge < -0.3 is 24.1 Å². The van der Waals surface area contributed by atoms with Crippen molar-refractivity contribution in [2.24, 2.45) is 29.6 Å².